The molecular formula is C18H27FN2O3S2. The third-order valence-corrected chi connectivity index (χ3v) is 7.10. The van der Waals surface area contributed by atoms with Gasteiger partial charge < -0.3 is 5.32 Å². The number of hydrogen-bond donors (Lipinski definition) is 1. The van der Waals surface area contributed by atoms with Crippen LogP contribution in [-0.2, 0) is 14.8 Å². The lowest BCUT2D eigenvalue weighted by atomic mass is 10.0. The van der Waals surface area contributed by atoms with Crippen molar-refractivity contribution in [2.24, 2.45) is 0 Å². The molecule has 1 atom stereocenters. The highest BCUT2D eigenvalue weighted by Crippen LogP contribution is 2.27. The molecule has 1 N–H and O–H groups in total. The third kappa shape index (κ3) is 6.16. The van der Waals surface area contributed by atoms with E-state index in [4.69, 9.17) is 0 Å². The SMILES string of the molecule is C[C@H](C(=O)NCCSC1CCCCC1)N(c1ccc(F)cc1)S(C)(=O)=O. The van der Waals surface area contributed by atoms with Crippen LogP contribution in [0.1, 0.15) is 39.0 Å². The van der Waals surface area contributed by atoms with Gasteiger partial charge in [-0.3, -0.25) is 9.10 Å². The number of rotatable bonds is 8. The summed E-state index contributed by atoms with van der Waals surface area (Å²) in [6.45, 7) is 2.04. The molecule has 0 aromatic heterocycles. The highest BCUT2D eigenvalue weighted by molar-refractivity contribution is 7.99. The Labute approximate surface area is 159 Å². The van der Waals surface area contributed by atoms with Crippen molar-refractivity contribution >= 4 is 33.4 Å². The molecule has 1 fully saturated rings. The fourth-order valence-electron chi connectivity index (χ4n) is 3.18. The number of halogens is 1. The number of amides is 1. The summed E-state index contributed by atoms with van der Waals surface area (Å²) in [7, 11) is -3.68. The highest BCUT2D eigenvalue weighted by atomic mass is 32.2. The summed E-state index contributed by atoms with van der Waals surface area (Å²) >= 11 is 1.87. The van der Waals surface area contributed by atoms with Crippen molar-refractivity contribution in [3.63, 3.8) is 0 Å². The van der Waals surface area contributed by atoms with Gasteiger partial charge in [0.2, 0.25) is 15.9 Å². The molecule has 0 unspecified atom stereocenters. The van der Waals surface area contributed by atoms with E-state index in [0.717, 1.165) is 16.3 Å². The maximum atomic E-state index is 13.1. The van der Waals surface area contributed by atoms with Crippen LogP contribution in [0.5, 0.6) is 0 Å². The van der Waals surface area contributed by atoms with Gasteiger partial charge in [-0.2, -0.15) is 11.8 Å². The first-order valence-electron chi connectivity index (χ1n) is 8.93. The molecule has 2 rings (SSSR count). The molecule has 0 aliphatic heterocycles. The van der Waals surface area contributed by atoms with Crippen molar-refractivity contribution < 1.29 is 17.6 Å². The first-order chi connectivity index (χ1) is 12.3. The highest BCUT2D eigenvalue weighted by Gasteiger charge is 2.29. The van der Waals surface area contributed by atoms with Crippen LogP contribution in [-0.4, -0.2) is 44.2 Å². The topological polar surface area (TPSA) is 66.5 Å². The molecule has 26 heavy (non-hydrogen) atoms. The molecule has 1 aliphatic carbocycles. The molecule has 8 heteroatoms. The summed E-state index contributed by atoms with van der Waals surface area (Å²) in [5, 5.41) is 3.49. The zero-order chi connectivity index (χ0) is 19.2. The summed E-state index contributed by atoms with van der Waals surface area (Å²) in [4.78, 5) is 12.4. The minimum absolute atomic E-state index is 0.271. The van der Waals surface area contributed by atoms with Crippen LogP contribution >= 0.6 is 11.8 Å². The van der Waals surface area contributed by atoms with Gasteiger partial charge in [0.05, 0.1) is 11.9 Å². The van der Waals surface area contributed by atoms with E-state index >= 15 is 0 Å². The van der Waals surface area contributed by atoms with E-state index in [1.165, 1.54) is 63.3 Å². The molecule has 1 aromatic rings. The number of benzene rings is 1. The molecule has 0 heterocycles. The van der Waals surface area contributed by atoms with E-state index in [1.54, 1.807) is 0 Å². The predicted octanol–water partition coefficient (Wildman–Crippen LogP) is 3.16. The monoisotopic (exact) mass is 402 g/mol. The fraction of sp³-hybridized carbons (Fsp3) is 0.611. The van der Waals surface area contributed by atoms with Crippen LogP contribution in [0.4, 0.5) is 10.1 Å². The number of nitrogens with one attached hydrogen (secondary N) is 1. The maximum Gasteiger partial charge on any atom is 0.243 e. The Balaban J connectivity index is 1.91. The first-order valence-corrected chi connectivity index (χ1v) is 11.8. The molecule has 1 saturated carbocycles. The number of hydrogen-bond acceptors (Lipinski definition) is 4. The number of thioether (sulfide) groups is 1. The van der Waals surface area contributed by atoms with Crippen molar-refractivity contribution in [3.8, 4) is 0 Å². The largest absolute Gasteiger partial charge is 0.353 e. The number of sulfonamides is 1. The molecule has 0 saturated heterocycles. The van der Waals surface area contributed by atoms with E-state index in [2.05, 4.69) is 5.32 Å². The van der Waals surface area contributed by atoms with Gasteiger partial charge in [0.15, 0.2) is 0 Å². The van der Waals surface area contributed by atoms with Crippen LogP contribution in [0.2, 0.25) is 0 Å². The van der Waals surface area contributed by atoms with Gasteiger partial charge in [-0.15, -0.1) is 0 Å². The maximum absolute atomic E-state index is 13.1. The molecule has 1 aromatic carbocycles. The van der Waals surface area contributed by atoms with E-state index in [9.17, 15) is 17.6 Å². The smallest absolute Gasteiger partial charge is 0.243 e. The average molecular weight is 403 g/mol. The van der Waals surface area contributed by atoms with E-state index in [0.29, 0.717) is 11.8 Å². The summed E-state index contributed by atoms with van der Waals surface area (Å²) in [6.07, 6.45) is 7.39. The molecule has 0 radical (unpaired) electrons. The molecule has 1 amide bonds. The normalized spacial score (nSPS) is 16.9. The Hall–Kier alpha value is -1.28. The van der Waals surface area contributed by atoms with E-state index < -0.39 is 21.9 Å². The van der Waals surface area contributed by atoms with Gasteiger partial charge in [-0.05, 0) is 44.0 Å². The lowest BCUT2D eigenvalue weighted by Gasteiger charge is -2.28. The van der Waals surface area contributed by atoms with Gasteiger partial charge >= 0.3 is 0 Å². The van der Waals surface area contributed by atoms with Crippen molar-refractivity contribution in [3.05, 3.63) is 30.1 Å². The number of anilines is 1. The third-order valence-electron chi connectivity index (χ3n) is 4.48. The minimum atomic E-state index is -3.68. The Bertz CT molecular complexity index is 689. The van der Waals surface area contributed by atoms with Crippen LogP contribution in [0.3, 0.4) is 0 Å². The Morgan fingerprint density at radius 1 is 1.27 bits per heavy atom. The van der Waals surface area contributed by atoms with Crippen molar-refractivity contribution in [2.45, 2.75) is 50.3 Å². The Kier molecular flexibility index (Phi) is 7.76. The molecule has 1 aliphatic rings. The van der Waals surface area contributed by atoms with Crippen LogP contribution in [0.25, 0.3) is 0 Å². The predicted molar refractivity (Wildman–Crippen MR) is 106 cm³/mol. The van der Waals surface area contributed by atoms with Gasteiger partial charge in [-0.25, -0.2) is 12.8 Å². The fourth-order valence-corrected chi connectivity index (χ4v) is 5.57. The molecule has 146 valence electrons. The summed E-state index contributed by atoms with van der Waals surface area (Å²) in [5.41, 5.74) is 0.271. The summed E-state index contributed by atoms with van der Waals surface area (Å²) in [5.74, 6) is 0.00137. The van der Waals surface area contributed by atoms with Crippen LogP contribution < -0.4 is 9.62 Å². The first kappa shape index (κ1) is 21.0. The molecular weight excluding hydrogens is 375 g/mol. The molecule has 0 spiro atoms. The zero-order valence-electron chi connectivity index (χ0n) is 15.3. The standard InChI is InChI=1S/C18H27FN2O3S2/c1-14(18(22)20-12-13-25-17-6-4-3-5-7-17)21(26(2,23)24)16-10-8-15(19)9-11-16/h8-11,14,17H,3-7,12-13H2,1-2H3,(H,20,22)/t14-/m1/s1. The number of carbonyl (C=O) groups excluding carboxylic acids is 1. The van der Waals surface area contributed by atoms with Crippen molar-refractivity contribution in [1.82, 2.24) is 5.32 Å². The minimum Gasteiger partial charge on any atom is -0.353 e. The van der Waals surface area contributed by atoms with Gasteiger partial charge in [0, 0.05) is 17.5 Å². The second-order valence-corrected chi connectivity index (χ2v) is 9.90. The number of carbonyl (C=O) groups is 1. The second-order valence-electron chi connectivity index (χ2n) is 6.63. The van der Waals surface area contributed by atoms with Crippen molar-refractivity contribution in [2.75, 3.05) is 22.9 Å². The zero-order valence-corrected chi connectivity index (χ0v) is 16.9. The quantitative estimate of drug-likeness (QED) is 0.679. The van der Waals surface area contributed by atoms with E-state index in [1.807, 2.05) is 11.8 Å². The van der Waals surface area contributed by atoms with Crippen LogP contribution in [0.15, 0.2) is 24.3 Å². The van der Waals surface area contributed by atoms with Gasteiger partial charge in [-0.1, -0.05) is 19.3 Å². The Morgan fingerprint density at radius 3 is 2.46 bits per heavy atom. The second kappa shape index (κ2) is 9.60. The average Bonchev–Trinajstić information content (AvgIpc) is 2.60. The molecule has 5 nitrogen and oxygen atoms in total. The van der Waals surface area contributed by atoms with Gasteiger partial charge in [0.25, 0.3) is 0 Å². The summed E-state index contributed by atoms with van der Waals surface area (Å²) in [6, 6.07) is 4.17. The van der Waals surface area contributed by atoms with E-state index in [-0.39, 0.29) is 11.6 Å². The number of nitrogens with zero attached hydrogens (tertiary/aromatic N) is 1. The van der Waals surface area contributed by atoms with Gasteiger partial charge in [0.1, 0.15) is 11.9 Å². The summed E-state index contributed by atoms with van der Waals surface area (Å²) < 4.78 is 38.4. The van der Waals surface area contributed by atoms with Crippen LogP contribution in [0, 0.1) is 5.82 Å². The Morgan fingerprint density at radius 2 is 1.88 bits per heavy atom. The lowest BCUT2D eigenvalue weighted by Crippen LogP contribution is -2.48. The molecule has 0 bridgehead atoms. The van der Waals surface area contributed by atoms with Crippen molar-refractivity contribution in [1.29, 1.82) is 0 Å². The lowest BCUT2D eigenvalue weighted by molar-refractivity contribution is -0.121.